The van der Waals surface area contributed by atoms with Crippen molar-refractivity contribution < 1.29 is 22.1 Å². The molecule has 0 fully saturated rings. The van der Waals surface area contributed by atoms with E-state index in [2.05, 4.69) is 5.32 Å². The Morgan fingerprint density at radius 3 is 2.00 bits per heavy atom. The molecule has 0 saturated carbocycles. The first kappa shape index (κ1) is 27.1. The fraction of sp³-hybridized carbons (Fsp3) is 0.194. The number of ether oxygens (including phenoxy) is 1. The van der Waals surface area contributed by atoms with Crippen molar-refractivity contribution in [1.82, 2.24) is 5.32 Å². The summed E-state index contributed by atoms with van der Waals surface area (Å²) in [6, 6.07) is 32.8. The van der Waals surface area contributed by atoms with Crippen LogP contribution < -0.4 is 9.50 Å². The summed E-state index contributed by atoms with van der Waals surface area (Å²) >= 11 is 0. The van der Waals surface area contributed by atoms with Gasteiger partial charge in [-0.05, 0) is 54.3 Å². The molecule has 4 aromatic rings. The SMILES string of the molecule is Cc1ccc(S(=O)(=O)Oc2ccc(CC(CC(=O)OCc3ccccc3)NCc3ccccc3)cc2)cc1. The minimum Gasteiger partial charge on any atom is -0.461 e. The van der Waals surface area contributed by atoms with Gasteiger partial charge in [-0.25, -0.2) is 0 Å². The Morgan fingerprint density at radius 1 is 0.763 bits per heavy atom. The van der Waals surface area contributed by atoms with E-state index in [0.717, 1.165) is 22.3 Å². The average Bonchev–Trinajstić information content (AvgIpc) is 2.93. The van der Waals surface area contributed by atoms with E-state index in [0.29, 0.717) is 13.0 Å². The van der Waals surface area contributed by atoms with Crippen LogP contribution in [-0.4, -0.2) is 20.4 Å². The summed E-state index contributed by atoms with van der Waals surface area (Å²) in [6.45, 7) is 2.72. The molecule has 4 rings (SSSR count). The van der Waals surface area contributed by atoms with E-state index in [9.17, 15) is 13.2 Å². The molecule has 0 amide bonds. The average molecular weight is 530 g/mol. The summed E-state index contributed by atoms with van der Waals surface area (Å²) in [4.78, 5) is 12.7. The Bertz CT molecular complexity index is 1410. The lowest BCUT2D eigenvalue weighted by molar-refractivity contribution is -0.145. The van der Waals surface area contributed by atoms with E-state index in [1.807, 2.05) is 79.7 Å². The fourth-order valence-corrected chi connectivity index (χ4v) is 4.85. The summed E-state index contributed by atoms with van der Waals surface area (Å²) in [5.41, 5.74) is 3.95. The van der Waals surface area contributed by atoms with Crippen LogP contribution in [0, 0.1) is 6.92 Å². The molecule has 0 aliphatic rings. The largest absolute Gasteiger partial charge is 0.461 e. The number of hydrogen-bond donors (Lipinski definition) is 1. The van der Waals surface area contributed by atoms with Gasteiger partial charge in [0, 0.05) is 12.6 Å². The van der Waals surface area contributed by atoms with Gasteiger partial charge in [-0.3, -0.25) is 4.79 Å². The fourth-order valence-electron chi connectivity index (χ4n) is 3.92. The molecule has 38 heavy (non-hydrogen) atoms. The van der Waals surface area contributed by atoms with Crippen LogP contribution in [-0.2, 0) is 39.2 Å². The third-order valence-electron chi connectivity index (χ3n) is 6.01. The monoisotopic (exact) mass is 529 g/mol. The summed E-state index contributed by atoms with van der Waals surface area (Å²) in [5, 5.41) is 3.46. The molecule has 0 heterocycles. The van der Waals surface area contributed by atoms with Crippen LogP contribution in [0.15, 0.2) is 114 Å². The standard InChI is InChI=1S/C31H31NO5S/c1-24-12-18-30(19-13-24)38(34,35)37-29-16-14-25(15-17-29)20-28(32-22-26-8-4-2-5-9-26)21-31(33)36-23-27-10-6-3-7-11-27/h2-19,28,32H,20-23H2,1H3. The number of nitrogens with one attached hydrogen (secondary N) is 1. The van der Waals surface area contributed by atoms with E-state index in [4.69, 9.17) is 8.92 Å². The maximum atomic E-state index is 12.6. The van der Waals surface area contributed by atoms with Crippen LogP contribution >= 0.6 is 0 Å². The Kier molecular flexibility index (Phi) is 9.30. The number of rotatable bonds is 12. The lowest BCUT2D eigenvalue weighted by atomic mass is 10.0. The molecule has 0 aliphatic carbocycles. The van der Waals surface area contributed by atoms with Crippen LogP contribution in [0.4, 0.5) is 0 Å². The highest BCUT2D eigenvalue weighted by atomic mass is 32.2. The molecule has 0 aromatic heterocycles. The van der Waals surface area contributed by atoms with Crippen LogP contribution in [0.1, 0.15) is 28.7 Å². The van der Waals surface area contributed by atoms with E-state index < -0.39 is 10.1 Å². The van der Waals surface area contributed by atoms with E-state index >= 15 is 0 Å². The summed E-state index contributed by atoms with van der Waals surface area (Å²) in [7, 11) is -3.92. The number of benzene rings is 4. The Labute approximate surface area is 224 Å². The van der Waals surface area contributed by atoms with Gasteiger partial charge in [0.2, 0.25) is 0 Å². The van der Waals surface area contributed by atoms with E-state index in [-0.39, 0.29) is 35.7 Å². The van der Waals surface area contributed by atoms with Crippen molar-refractivity contribution in [3.8, 4) is 5.75 Å². The smallest absolute Gasteiger partial charge is 0.339 e. The summed E-state index contributed by atoms with van der Waals surface area (Å²) in [5.74, 6) is -0.0612. The zero-order valence-corrected chi connectivity index (χ0v) is 22.1. The van der Waals surface area contributed by atoms with Crippen LogP contribution in [0.5, 0.6) is 5.75 Å². The normalized spacial score (nSPS) is 12.0. The zero-order valence-electron chi connectivity index (χ0n) is 21.2. The molecule has 7 heteroatoms. The highest BCUT2D eigenvalue weighted by Crippen LogP contribution is 2.21. The lowest BCUT2D eigenvalue weighted by Crippen LogP contribution is -2.33. The molecule has 6 nitrogen and oxygen atoms in total. The molecule has 4 aromatic carbocycles. The minimum absolute atomic E-state index is 0.103. The minimum atomic E-state index is -3.92. The van der Waals surface area contributed by atoms with Crippen molar-refractivity contribution >= 4 is 16.1 Å². The van der Waals surface area contributed by atoms with Gasteiger partial charge in [-0.2, -0.15) is 8.42 Å². The van der Waals surface area contributed by atoms with Gasteiger partial charge in [0.05, 0.1) is 6.42 Å². The first-order chi connectivity index (χ1) is 18.4. The predicted octanol–water partition coefficient (Wildman–Crippen LogP) is 5.60. The zero-order chi connectivity index (χ0) is 26.8. The number of esters is 1. The van der Waals surface area contributed by atoms with Crippen molar-refractivity contribution in [3.05, 3.63) is 131 Å². The number of carbonyl (C=O) groups is 1. The van der Waals surface area contributed by atoms with Gasteiger partial charge in [-0.15, -0.1) is 0 Å². The van der Waals surface area contributed by atoms with Crippen LogP contribution in [0.2, 0.25) is 0 Å². The van der Waals surface area contributed by atoms with Crippen molar-refractivity contribution in [1.29, 1.82) is 0 Å². The molecule has 0 radical (unpaired) electrons. The molecule has 0 bridgehead atoms. The molecule has 0 spiro atoms. The second kappa shape index (κ2) is 13.0. The van der Waals surface area contributed by atoms with Gasteiger partial charge in [0.15, 0.2) is 0 Å². The van der Waals surface area contributed by atoms with Crippen molar-refractivity contribution in [3.63, 3.8) is 0 Å². The van der Waals surface area contributed by atoms with Gasteiger partial charge < -0.3 is 14.2 Å². The Hall–Kier alpha value is -3.94. The number of aryl methyl sites for hydroxylation is 1. The maximum Gasteiger partial charge on any atom is 0.339 e. The van der Waals surface area contributed by atoms with Gasteiger partial charge in [0.1, 0.15) is 17.3 Å². The third kappa shape index (κ3) is 8.30. The Morgan fingerprint density at radius 2 is 1.37 bits per heavy atom. The second-order valence-electron chi connectivity index (χ2n) is 9.11. The van der Waals surface area contributed by atoms with Crippen LogP contribution in [0.3, 0.4) is 0 Å². The molecule has 1 N–H and O–H groups in total. The number of carbonyl (C=O) groups excluding carboxylic acids is 1. The molecule has 1 atom stereocenters. The van der Waals surface area contributed by atoms with Gasteiger partial charge in [0.25, 0.3) is 0 Å². The first-order valence-corrected chi connectivity index (χ1v) is 13.9. The molecular formula is C31H31NO5S. The predicted molar refractivity (Wildman–Crippen MR) is 147 cm³/mol. The van der Waals surface area contributed by atoms with E-state index in [1.54, 1.807) is 24.3 Å². The number of hydrogen-bond acceptors (Lipinski definition) is 6. The summed E-state index contributed by atoms with van der Waals surface area (Å²) < 4.78 is 36.0. The molecule has 196 valence electrons. The van der Waals surface area contributed by atoms with Crippen molar-refractivity contribution in [2.24, 2.45) is 0 Å². The van der Waals surface area contributed by atoms with Crippen molar-refractivity contribution in [2.45, 2.75) is 43.9 Å². The topological polar surface area (TPSA) is 81.7 Å². The van der Waals surface area contributed by atoms with Crippen LogP contribution in [0.25, 0.3) is 0 Å². The maximum absolute atomic E-state index is 12.6. The first-order valence-electron chi connectivity index (χ1n) is 12.4. The molecule has 0 aliphatic heterocycles. The van der Waals surface area contributed by atoms with Crippen molar-refractivity contribution in [2.75, 3.05) is 0 Å². The summed E-state index contributed by atoms with van der Waals surface area (Å²) in [6.07, 6.45) is 0.748. The molecule has 1 unspecified atom stereocenters. The highest BCUT2D eigenvalue weighted by Gasteiger charge is 2.18. The van der Waals surface area contributed by atoms with E-state index in [1.165, 1.54) is 12.1 Å². The highest BCUT2D eigenvalue weighted by molar-refractivity contribution is 7.87. The van der Waals surface area contributed by atoms with Gasteiger partial charge >= 0.3 is 16.1 Å². The molecule has 0 saturated heterocycles. The Balaban J connectivity index is 1.39. The second-order valence-corrected chi connectivity index (χ2v) is 10.7. The lowest BCUT2D eigenvalue weighted by Gasteiger charge is -2.19. The third-order valence-corrected chi connectivity index (χ3v) is 7.28. The quantitative estimate of drug-likeness (QED) is 0.190. The molecular weight excluding hydrogens is 498 g/mol. The van der Waals surface area contributed by atoms with Gasteiger partial charge in [-0.1, -0.05) is 90.5 Å².